The van der Waals surface area contributed by atoms with E-state index in [9.17, 15) is 9.90 Å². The van der Waals surface area contributed by atoms with Gasteiger partial charge in [0.05, 0.1) is 31.6 Å². The van der Waals surface area contributed by atoms with Crippen molar-refractivity contribution < 1.29 is 28.8 Å². The Kier molecular flexibility index (Phi) is 12.2. The Morgan fingerprint density at radius 1 is 0.865 bits per heavy atom. The molecule has 3 aromatic carbocycles. The highest BCUT2D eigenvalue weighted by molar-refractivity contribution is 5.88. The summed E-state index contributed by atoms with van der Waals surface area (Å²) in [4.78, 5) is 20.3. The minimum absolute atomic E-state index is 0.198. The van der Waals surface area contributed by atoms with E-state index in [0.717, 1.165) is 66.2 Å². The van der Waals surface area contributed by atoms with E-state index < -0.39 is 17.7 Å². The van der Waals surface area contributed by atoms with Gasteiger partial charge in [-0.3, -0.25) is 4.98 Å². The van der Waals surface area contributed by atoms with Gasteiger partial charge >= 0.3 is 5.97 Å². The summed E-state index contributed by atoms with van der Waals surface area (Å²) in [6.07, 6.45) is 2.21. The molecular weight excluding hydrogens is 652 g/mol. The van der Waals surface area contributed by atoms with Crippen molar-refractivity contribution in [3.63, 3.8) is 0 Å². The third-order valence-electron chi connectivity index (χ3n) is 9.72. The second-order valence-corrected chi connectivity index (χ2v) is 15.7. The van der Waals surface area contributed by atoms with Gasteiger partial charge in [-0.15, -0.1) is 0 Å². The van der Waals surface area contributed by atoms with E-state index >= 15 is 0 Å². The topological polar surface area (TPSA) is 90.3 Å². The average Bonchev–Trinajstić information content (AvgIpc) is 3.07. The number of hydrogen-bond acceptors (Lipinski definition) is 7. The van der Waals surface area contributed by atoms with E-state index in [4.69, 9.17) is 23.9 Å². The minimum atomic E-state index is -1.19. The van der Waals surface area contributed by atoms with Gasteiger partial charge in [0.2, 0.25) is 0 Å². The Hall–Kier alpha value is -4.56. The molecule has 8 heteroatoms. The first-order chi connectivity index (χ1) is 24.6. The molecule has 5 rings (SSSR count). The van der Waals surface area contributed by atoms with Crippen LogP contribution in [0.3, 0.4) is 0 Å². The molecule has 52 heavy (non-hydrogen) atoms. The molecule has 1 aromatic heterocycles. The molecule has 0 radical (unpaired) electrons. The number of anilines is 1. The van der Waals surface area contributed by atoms with Gasteiger partial charge in [0.25, 0.3) is 0 Å². The first-order valence-corrected chi connectivity index (χ1v) is 18.4. The van der Waals surface area contributed by atoms with Gasteiger partial charge in [-0.1, -0.05) is 61.9 Å². The highest BCUT2D eigenvalue weighted by atomic mass is 16.5. The number of aryl methyl sites for hydroxylation is 3. The van der Waals surface area contributed by atoms with Gasteiger partial charge in [0, 0.05) is 48.4 Å². The molecule has 1 aliphatic heterocycles. The molecule has 1 fully saturated rings. The highest BCUT2D eigenvalue weighted by Gasteiger charge is 2.36. The Morgan fingerprint density at radius 2 is 1.50 bits per heavy atom. The zero-order valence-electron chi connectivity index (χ0n) is 32.5. The molecule has 0 bridgehead atoms. The lowest BCUT2D eigenvalue weighted by molar-refractivity contribution is -0.160. The van der Waals surface area contributed by atoms with Crippen LogP contribution in [0.1, 0.15) is 87.2 Å². The summed E-state index contributed by atoms with van der Waals surface area (Å²) in [5.41, 5.74) is 7.75. The van der Waals surface area contributed by atoms with Crippen molar-refractivity contribution in [3.8, 4) is 28.4 Å². The van der Waals surface area contributed by atoms with Crippen LogP contribution in [0.2, 0.25) is 0 Å². The van der Waals surface area contributed by atoms with E-state index in [0.29, 0.717) is 42.4 Å². The van der Waals surface area contributed by atoms with Crippen molar-refractivity contribution in [1.82, 2.24) is 4.98 Å². The molecule has 0 unspecified atom stereocenters. The molecule has 0 spiro atoms. The summed E-state index contributed by atoms with van der Waals surface area (Å²) in [7, 11) is 1.67. The predicted octanol–water partition coefficient (Wildman–Crippen LogP) is 9.49. The fraction of sp³-hybridized carbons (Fsp3) is 0.455. The van der Waals surface area contributed by atoms with Crippen LogP contribution in [0.15, 0.2) is 66.7 Å². The van der Waals surface area contributed by atoms with Crippen molar-refractivity contribution in [2.24, 2.45) is 5.41 Å². The van der Waals surface area contributed by atoms with Crippen molar-refractivity contribution in [2.45, 2.75) is 92.8 Å². The lowest BCUT2D eigenvalue weighted by Gasteiger charge is -2.41. The number of carboxylic acids is 1. The van der Waals surface area contributed by atoms with Crippen LogP contribution in [0, 0.1) is 26.2 Å². The number of carboxylic acid groups (broad SMARTS) is 1. The van der Waals surface area contributed by atoms with E-state index in [2.05, 4.69) is 56.0 Å². The lowest BCUT2D eigenvalue weighted by atomic mass is 9.81. The number of nitrogens with zero attached hydrogens (tertiary/aromatic N) is 2. The number of aliphatic carboxylic acids is 1. The normalized spacial score (nSPS) is 14.9. The first-order valence-electron chi connectivity index (χ1n) is 18.4. The van der Waals surface area contributed by atoms with Crippen LogP contribution in [0.25, 0.3) is 11.1 Å². The number of piperidine rings is 1. The third kappa shape index (κ3) is 9.85. The monoisotopic (exact) mass is 708 g/mol. The molecule has 2 heterocycles. The number of hydrogen-bond donors (Lipinski definition) is 1. The van der Waals surface area contributed by atoms with Crippen LogP contribution >= 0.6 is 0 Å². The Labute approximate surface area is 310 Å². The zero-order valence-corrected chi connectivity index (χ0v) is 32.5. The van der Waals surface area contributed by atoms with Crippen molar-refractivity contribution in [2.75, 3.05) is 38.3 Å². The molecular formula is C44H56N2O6. The molecule has 1 saturated heterocycles. The molecule has 278 valence electrons. The van der Waals surface area contributed by atoms with E-state index in [1.807, 2.05) is 71.0 Å². The maximum Gasteiger partial charge on any atom is 0.337 e. The predicted molar refractivity (Wildman–Crippen MR) is 208 cm³/mol. The number of carbonyl (C=O) groups is 1. The standard InChI is InChI=1S/C44H56N2O6/c1-29-12-10-13-32(26-29)18-24-50-36-17-16-34(28-37(36)51-25-19-33-14-11-15-35(27-33)49-9)38-30(2)45-31(3)39(41(42(47)48)52-43(4,5)6)40(38)46-22-20-44(7,8)21-23-46/h10-17,26-28,41H,18-25H2,1-9H3,(H,47,48)/t41-/m0/s1. The molecule has 4 aromatic rings. The summed E-state index contributed by atoms with van der Waals surface area (Å²) in [6, 6.07) is 22.5. The van der Waals surface area contributed by atoms with Crippen LogP contribution in [0.5, 0.6) is 17.2 Å². The number of aromatic nitrogens is 1. The molecule has 8 nitrogen and oxygen atoms in total. The second kappa shape index (κ2) is 16.4. The summed E-state index contributed by atoms with van der Waals surface area (Å²) in [6.45, 7) is 18.7. The molecule has 0 aliphatic carbocycles. The molecule has 1 aliphatic rings. The average molecular weight is 709 g/mol. The SMILES string of the molecule is COc1cccc(CCOc2cc(-c3c(C)nc(C)c([C@H](OC(C)(C)C)C(=O)O)c3N3CCC(C)(C)CC3)ccc2OCCc2cccc(C)c2)c1. The smallest absolute Gasteiger partial charge is 0.337 e. The van der Waals surface area contributed by atoms with E-state index in [1.165, 1.54) is 11.1 Å². The van der Waals surface area contributed by atoms with E-state index in [1.54, 1.807) is 7.11 Å². The largest absolute Gasteiger partial charge is 0.497 e. The lowest BCUT2D eigenvalue weighted by Crippen LogP contribution is -2.39. The summed E-state index contributed by atoms with van der Waals surface area (Å²) in [5, 5.41) is 10.6. The number of rotatable bonds is 14. The second-order valence-electron chi connectivity index (χ2n) is 15.7. The summed E-state index contributed by atoms with van der Waals surface area (Å²) < 4.78 is 24.7. The van der Waals surface area contributed by atoms with E-state index in [-0.39, 0.29) is 5.41 Å². The quantitative estimate of drug-likeness (QED) is 0.139. The third-order valence-corrected chi connectivity index (χ3v) is 9.72. The zero-order chi connectivity index (χ0) is 37.6. The van der Waals surface area contributed by atoms with Gasteiger partial charge in [0.1, 0.15) is 5.75 Å². The van der Waals surface area contributed by atoms with Crippen LogP contribution < -0.4 is 19.1 Å². The Balaban J connectivity index is 1.58. The van der Waals surface area contributed by atoms with Crippen LogP contribution in [-0.2, 0) is 22.4 Å². The van der Waals surface area contributed by atoms with Crippen LogP contribution in [-0.4, -0.2) is 55.1 Å². The molecule has 1 atom stereocenters. The Bertz CT molecular complexity index is 1850. The van der Waals surface area contributed by atoms with Gasteiger partial charge in [-0.2, -0.15) is 0 Å². The van der Waals surface area contributed by atoms with Gasteiger partial charge in [-0.05, 0) is 101 Å². The van der Waals surface area contributed by atoms with Crippen molar-refractivity contribution >= 4 is 11.7 Å². The van der Waals surface area contributed by atoms with Crippen molar-refractivity contribution in [3.05, 3.63) is 100 Å². The van der Waals surface area contributed by atoms with Gasteiger partial charge in [-0.25, -0.2) is 4.79 Å². The van der Waals surface area contributed by atoms with Gasteiger partial charge < -0.3 is 29.0 Å². The number of benzene rings is 3. The fourth-order valence-corrected chi connectivity index (χ4v) is 6.90. The first kappa shape index (κ1) is 38.7. The molecule has 0 amide bonds. The summed E-state index contributed by atoms with van der Waals surface area (Å²) >= 11 is 0. The maximum atomic E-state index is 13.0. The fourth-order valence-electron chi connectivity index (χ4n) is 6.90. The van der Waals surface area contributed by atoms with Crippen molar-refractivity contribution in [1.29, 1.82) is 0 Å². The van der Waals surface area contributed by atoms with Crippen LogP contribution in [0.4, 0.5) is 5.69 Å². The number of pyridine rings is 1. The molecule has 0 saturated carbocycles. The minimum Gasteiger partial charge on any atom is -0.497 e. The number of methoxy groups -OCH3 is 1. The highest BCUT2D eigenvalue weighted by Crippen LogP contribution is 2.46. The maximum absolute atomic E-state index is 13.0. The molecule has 1 N–H and O–H groups in total. The van der Waals surface area contributed by atoms with Gasteiger partial charge in [0.15, 0.2) is 17.6 Å². The Morgan fingerprint density at radius 3 is 2.12 bits per heavy atom. The number of ether oxygens (including phenoxy) is 4. The summed E-state index contributed by atoms with van der Waals surface area (Å²) in [5.74, 6) is 1.05.